The largest absolute Gasteiger partial charge is 0.386 e. The van der Waals surface area contributed by atoms with Crippen LogP contribution in [0.25, 0.3) is 17.2 Å². The molecule has 4 aromatic rings. The number of nitrogens with zero attached hydrogens (tertiary/aromatic N) is 4. The Hall–Kier alpha value is -3.78. The lowest BCUT2D eigenvalue weighted by Crippen LogP contribution is -2.29. The van der Waals surface area contributed by atoms with Gasteiger partial charge in [-0.15, -0.1) is 5.10 Å². The number of aliphatic hydroxyl groups is 1. The molecule has 0 saturated carbocycles. The molecular weight excluding hydrogens is 557 g/mol. The zero-order valence-electron chi connectivity index (χ0n) is 22.3. The van der Waals surface area contributed by atoms with Crippen LogP contribution in [0, 0.1) is 6.92 Å². The van der Waals surface area contributed by atoms with Crippen molar-refractivity contribution in [3.63, 3.8) is 0 Å². The fourth-order valence-electron chi connectivity index (χ4n) is 4.32. The van der Waals surface area contributed by atoms with Crippen LogP contribution >= 0.6 is 10.2 Å². The highest BCUT2D eigenvalue weighted by atomic mass is 32.5. The van der Waals surface area contributed by atoms with E-state index in [1.54, 1.807) is 58.9 Å². The van der Waals surface area contributed by atoms with Crippen molar-refractivity contribution in [2.45, 2.75) is 57.6 Å². The first-order valence-electron chi connectivity index (χ1n) is 12.1. The van der Waals surface area contributed by atoms with Crippen LogP contribution in [-0.4, -0.2) is 30.2 Å². The number of nitrogens with one attached hydrogen (secondary N) is 1. The summed E-state index contributed by atoms with van der Waals surface area (Å²) in [5.74, 6) is -0.688. The second-order valence-electron chi connectivity index (χ2n) is 10.4. The van der Waals surface area contributed by atoms with Crippen LogP contribution in [-0.2, 0) is 16.9 Å². The zero-order valence-corrected chi connectivity index (χ0v) is 23.1. The molecule has 0 atom stereocenters. The van der Waals surface area contributed by atoms with Crippen LogP contribution in [0.5, 0.6) is 0 Å². The molecule has 8 nitrogen and oxygen atoms in total. The van der Waals surface area contributed by atoms with E-state index < -0.39 is 38.7 Å². The van der Waals surface area contributed by atoms with Gasteiger partial charge < -0.3 is 15.0 Å². The van der Waals surface area contributed by atoms with Crippen molar-refractivity contribution in [1.29, 1.82) is 0 Å². The van der Waals surface area contributed by atoms with Gasteiger partial charge in [-0.1, -0.05) is 57.5 Å². The predicted molar refractivity (Wildman–Crippen MR) is 143 cm³/mol. The highest BCUT2D eigenvalue weighted by molar-refractivity contribution is 8.45. The van der Waals surface area contributed by atoms with E-state index in [2.05, 4.69) is 15.4 Å². The fraction of sp³-hybridized carbons (Fsp3) is 0.308. The molecular formula is C26H28F5N5O3S. The minimum atomic E-state index is -9.85. The van der Waals surface area contributed by atoms with Crippen molar-refractivity contribution < 1.29 is 29.3 Å². The first-order chi connectivity index (χ1) is 18.2. The van der Waals surface area contributed by atoms with Crippen molar-refractivity contribution in [3.8, 4) is 11.4 Å². The molecule has 0 aliphatic rings. The van der Waals surface area contributed by atoms with Gasteiger partial charge in [0.1, 0.15) is 11.4 Å². The van der Waals surface area contributed by atoms with Crippen molar-refractivity contribution >= 4 is 27.6 Å². The Labute approximate surface area is 226 Å². The van der Waals surface area contributed by atoms with Gasteiger partial charge in [0.05, 0.1) is 5.60 Å². The predicted octanol–water partition coefficient (Wildman–Crippen LogP) is 6.51. The van der Waals surface area contributed by atoms with Gasteiger partial charge in [-0.3, -0.25) is 9.59 Å². The number of carbonyl (C=O) groups excluding carboxylic acids is 1. The number of halogens is 5. The van der Waals surface area contributed by atoms with Gasteiger partial charge in [0.15, 0.2) is 5.82 Å². The van der Waals surface area contributed by atoms with E-state index in [1.807, 2.05) is 0 Å². The van der Waals surface area contributed by atoms with Gasteiger partial charge in [-0.05, 0) is 56.5 Å². The monoisotopic (exact) mass is 585 g/mol. The molecule has 2 aromatic heterocycles. The number of hydrogen-bond acceptors (Lipinski definition) is 5. The van der Waals surface area contributed by atoms with E-state index >= 15 is 0 Å². The Balaban J connectivity index is 1.72. The van der Waals surface area contributed by atoms with E-state index in [4.69, 9.17) is 0 Å². The minimum Gasteiger partial charge on any atom is -0.386 e. The summed E-state index contributed by atoms with van der Waals surface area (Å²) in [6.45, 7) is 8.12. The molecule has 216 valence electrons. The quantitative estimate of drug-likeness (QED) is 0.241. The Morgan fingerprint density at radius 1 is 1.02 bits per heavy atom. The van der Waals surface area contributed by atoms with Crippen molar-refractivity contribution in [1.82, 2.24) is 19.2 Å². The van der Waals surface area contributed by atoms with E-state index in [0.29, 0.717) is 22.4 Å². The molecule has 14 heteroatoms. The molecule has 0 radical (unpaired) electrons. The molecule has 2 N–H and O–H groups in total. The number of fused-ring (bicyclic) bond motifs is 1. The summed E-state index contributed by atoms with van der Waals surface area (Å²) in [7, 11) is -9.85. The van der Waals surface area contributed by atoms with Crippen molar-refractivity contribution in [2.75, 3.05) is 5.32 Å². The molecule has 2 heterocycles. The number of benzene rings is 2. The summed E-state index contributed by atoms with van der Waals surface area (Å²) in [5, 5.41) is 17.0. The van der Waals surface area contributed by atoms with Crippen molar-refractivity contribution in [3.05, 3.63) is 75.7 Å². The van der Waals surface area contributed by atoms with Gasteiger partial charge in [0, 0.05) is 22.5 Å². The lowest BCUT2D eigenvalue weighted by molar-refractivity contribution is -0.116. The lowest BCUT2D eigenvalue weighted by Gasteiger charge is -2.40. The van der Waals surface area contributed by atoms with Gasteiger partial charge in [-0.25, -0.2) is 0 Å². The van der Waals surface area contributed by atoms with Crippen LogP contribution < -0.4 is 10.9 Å². The highest BCUT2D eigenvalue weighted by Crippen LogP contribution is 3.02. The standard InChI is InChI=1S/C26H28F5N5O3S/c1-15(2)22-16(3)35(14-21(37)32-19-10-12-20(13-11-19)40(27,28,29,30)31)25-33-23(34-36(25)24(22)38)17-6-8-18(9-7-17)26(4,5)39/h6-13,15,39H,14H2,1-5H3,(H,32,37). The molecule has 0 aliphatic heterocycles. The molecule has 2 aromatic carbocycles. The first kappa shape index (κ1) is 29.2. The average Bonchev–Trinajstić information content (AvgIpc) is 3.26. The molecule has 4 rings (SSSR count). The first-order valence-corrected chi connectivity index (χ1v) is 14.1. The number of hydrogen-bond donors (Lipinski definition) is 2. The number of rotatable bonds is 7. The maximum atomic E-state index is 13.3. The molecule has 0 aliphatic carbocycles. The van der Waals surface area contributed by atoms with Gasteiger partial charge in [0.2, 0.25) is 11.7 Å². The third-order valence-corrected chi connectivity index (χ3v) is 7.52. The molecule has 0 unspecified atom stereocenters. The normalized spacial score (nSPS) is 14.3. The Kier molecular flexibility index (Phi) is 6.47. The van der Waals surface area contributed by atoms with Gasteiger partial charge >= 0.3 is 10.2 Å². The zero-order chi connectivity index (χ0) is 29.9. The second-order valence-corrected chi connectivity index (χ2v) is 12.8. The number of anilines is 1. The Morgan fingerprint density at radius 2 is 1.60 bits per heavy atom. The maximum Gasteiger partial charge on any atom is 0.310 e. The Bertz CT molecular complexity index is 1670. The maximum absolute atomic E-state index is 13.3. The van der Waals surface area contributed by atoms with Crippen LogP contribution in [0.2, 0.25) is 0 Å². The molecule has 0 spiro atoms. The van der Waals surface area contributed by atoms with E-state index in [1.165, 1.54) is 4.57 Å². The molecule has 0 fully saturated rings. The number of aromatic nitrogens is 4. The third-order valence-electron chi connectivity index (χ3n) is 6.36. The summed E-state index contributed by atoms with van der Waals surface area (Å²) < 4.78 is 67.6. The third kappa shape index (κ3) is 5.87. The van der Waals surface area contributed by atoms with Crippen LogP contribution in [0.1, 0.15) is 50.4 Å². The highest BCUT2D eigenvalue weighted by Gasteiger charge is 2.65. The van der Waals surface area contributed by atoms with E-state index in [-0.39, 0.29) is 35.3 Å². The van der Waals surface area contributed by atoms with Crippen molar-refractivity contribution in [2.24, 2.45) is 0 Å². The van der Waals surface area contributed by atoms with Crippen LogP contribution in [0.3, 0.4) is 0 Å². The molecule has 0 bridgehead atoms. The molecule has 0 saturated heterocycles. The minimum absolute atomic E-state index is 0.0554. The SMILES string of the molecule is Cc1c(C(C)C)c(=O)n2nc(-c3ccc(C(C)(C)O)cc3)nc2n1CC(=O)Nc1ccc(S(F)(F)(F)(F)F)cc1. The summed E-state index contributed by atoms with van der Waals surface area (Å²) in [6.07, 6.45) is 0. The molecule has 40 heavy (non-hydrogen) atoms. The Morgan fingerprint density at radius 3 is 2.10 bits per heavy atom. The van der Waals surface area contributed by atoms with E-state index in [0.717, 1.165) is 16.6 Å². The van der Waals surface area contributed by atoms with E-state index in [9.17, 15) is 34.1 Å². The number of amides is 1. The lowest BCUT2D eigenvalue weighted by atomic mass is 9.97. The van der Waals surface area contributed by atoms with Gasteiger partial charge in [-0.2, -0.15) is 9.50 Å². The number of carbonyl (C=O) groups is 1. The smallest absolute Gasteiger partial charge is 0.310 e. The molecule has 1 amide bonds. The summed E-state index contributed by atoms with van der Waals surface area (Å²) >= 11 is 0. The summed E-state index contributed by atoms with van der Waals surface area (Å²) in [4.78, 5) is 28.6. The van der Waals surface area contributed by atoms with Crippen LogP contribution in [0.4, 0.5) is 25.1 Å². The van der Waals surface area contributed by atoms with Gasteiger partial charge in [0.25, 0.3) is 5.56 Å². The summed E-state index contributed by atoms with van der Waals surface area (Å²) in [5.41, 5.74) is 0.426. The topological polar surface area (TPSA) is 102 Å². The fourth-order valence-corrected chi connectivity index (χ4v) is 4.97. The second kappa shape index (κ2) is 8.86. The summed E-state index contributed by atoms with van der Waals surface area (Å²) in [6, 6.07) is 8.69. The average molecular weight is 586 g/mol. The van der Waals surface area contributed by atoms with Crippen LogP contribution in [0.15, 0.2) is 58.2 Å².